The molecule has 0 saturated carbocycles. The molecular weight excluding hydrogens is 200 g/mol. The van der Waals surface area contributed by atoms with Crippen LogP contribution in [0.5, 0.6) is 5.75 Å². The second kappa shape index (κ2) is 8.17. The lowest BCUT2D eigenvalue weighted by molar-refractivity contribution is 0.253. The van der Waals surface area contributed by atoms with E-state index in [2.05, 4.69) is 19.1 Å². The molecule has 0 heterocycles. The zero-order chi connectivity index (χ0) is 11.6. The van der Waals surface area contributed by atoms with E-state index >= 15 is 0 Å². The van der Waals surface area contributed by atoms with Crippen LogP contribution in [0.25, 0.3) is 0 Å². The van der Waals surface area contributed by atoms with Crippen LogP contribution in [0.1, 0.15) is 38.2 Å². The van der Waals surface area contributed by atoms with Crippen LogP contribution in [-0.4, -0.2) is 18.3 Å². The van der Waals surface area contributed by atoms with Gasteiger partial charge in [-0.1, -0.05) is 25.5 Å². The monoisotopic (exact) mass is 222 g/mol. The Hall–Kier alpha value is -1.02. The Morgan fingerprint density at radius 2 is 1.81 bits per heavy atom. The van der Waals surface area contributed by atoms with E-state index in [1.165, 1.54) is 18.4 Å². The summed E-state index contributed by atoms with van der Waals surface area (Å²) in [6, 6.07) is 8.34. The maximum atomic E-state index is 8.63. The Kier molecular flexibility index (Phi) is 6.66. The van der Waals surface area contributed by atoms with Gasteiger partial charge in [0.15, 0.2) is 0 Å². The molecule has 0 aromatic heterocycles. The molecule has 0 saturated heterocycles. The molecule has 0 spiro atoms. The Morgan fingerprint density at radius 1 is 1.06 bits per heavy atom. The van der Waals surface area contributed by atoms with E-state index in [1.807, 2.05) is 12.1 Å². The summed E-state index contributed by atoms with van der Waals surface area (Å²) in [6.45, 7) is 3.15. The van der Waals surface area contributed by atoms with Gasteiger partial charge >= 0.3 is 0 Å². The third-order valence-electron chi connectivity index (χ3n) is 2.56. The van der Waals surface area contributed by atoms with Crippen molar-refractivity contribution in [2.24, 2.45) is 0 Å². The van der Waals surface area contributed by atoms with E-state index in [1.54, 1.807) is 0 Å². The maximum Gasteiger partial charge on any atom is 0.119 e. The van der Waals surface area contributed by atoms with Gasteiger partial charge in [0.1, 0.15) is 5.75 Å². The normalized spacial score (nSPS) is 10.4. The van der Waals surface area contributed by atoms with Crippen molar-refractivity contribution in [3.63, 3.8) is 0 Å². The molecule has 0 amide bonds. The smallest absolute Gasteiger partial charge is 0.119 e. The number of aryl methyl sites for hydroxylation is 1. The summed E-state index contributed by atoms with van der Waals surface area (Å²) in [5.41, 5.74) is 1.38. The number of rotatable bonds is 8. The number of benzene rings is 1. The molecule has 0 atom stereocenters. The zero-order valence-corrected chi connectivity index (χ0v) is 10.1. The zero-order valence-electron chi connectivity index (χ0n) is 10.1. The Morgan fingerprint density at radius 3 is 2.44 bits per heavy atom. The lowest BCUT2D eigenvalue weighted by atomic mass is 10.1. The first-order valence-corrected chi connectivity index (χ1v) is 6.19. The maximum absolute atomic E-state index is 8.63. The first kappa shape index (κ1) is 13.0. The third-order valence-corrected chi connectivity index (χ3v) is 2.56. The standard InChI is InChI=1S/C14H22O2/c1-2-3-6-13-7-9-14(10-8-13)16-12-5-4-11-15/h7-10,15H,2-6,11-12H2,1H3. The number of ether oxygens (including phenoxy) is 1. The Balaban J connectivity index is 2.27. The van der Waals surface area contributed by atoms with Crippen molar-refractivity contribution < 1.29 is 9.84 Å². The van der Waals surface area contributed by atoms with Crippen LogP contribution < -0.4 is 4.74 Å². The molecule has 1 aromatic carbocycles. The van der Waals surface area contributed by atoms with E-state index in [-0.39, 0.29) is 6.61 Å². The topological polar surface area (TPSA) is 29.5 Å². The van der Waals surface area contributed by atoms with Gasteiger partial charge in [0.25, 0.3) is 0 Å². The third kappa shape index (κ3) is 5.17. The molecule has 0 fully saturated rings. The van der Waals surface area contributed by atoms with E-state index < -0.39 is 0 Å². The Bertz CT molecular complexity index is 267. The molecule has 0 bridgehead atoms. The van der Waals surface area contributed by atoms with Crippen LogP contribution in [-0.2, 0) is 6.42 Å². The summed E-state index contributed by atoms with van der Waals surface area (Å²) >= 11 is 0. The van der Waals surface area contributed by atoms with Gasteiger partial charge in [-0.2, -0.15) is 0 Å². The number of aliphatic hydroxyl groups excluding tert-OH is 1. The molecule has 90 valence electrons. The molecular formula is C14H22O2. The van der Waals surface area contributed by atoms with Gasteiger partial charge in [0.05, 0.1) is 6.61 Å². The summed E-state index contributed by atoms with van der Waals surface area (Å²) in [7, 11) is 0. The highest BCUT2D eigenvalue weighted by molar-refractivity contribution is 5.27. The van der Waals surface area contributed by atoms with Gasteiger partial charge in [-0.15, -0.1) is 0 Å². The van der Waals surface area contributed by atoms with E-state index in [9.17, 15) is 0 Å². The van der Waals surface area contributed by atoms with Gasteiger partial charge in [-0.3, -0.25) is 0 Å². The predicted octanol–water partition coefficient (Wildman–Crippen LogP) is 3.18. The average Bonchev–Trinajstić information content (AvgIpc) is 2.33. The summed E-state index contributed by atoms with van der Waals surface area (Å²) < 4.78 is 5.56. The van der Waals surface area contributed by atoms with Crippen LogP contribution in [0, 0.1) is 0 Å². The summed E-state index contributed by atoms with van der Waals surface area (Å²) in [6.07, 6.45) is 5.36. The summed E-state index contributed by atoms with van der Waals surface area (Å²) in [5, 5.41) is 8.63. The van der Waals surface area contributed by atoms with Crippen LogP contribution in [0.2, 0.25) is 0 Å². The largest absolute Gasteiger partial charge is 0.494 e. The minimum atomic E-state index is 0.249. The summed E-state index contributed by atoms with van der Waals surface area (Å²) in [4.78, 5) is 0. The molecule has 0 aliphatic heterocycles. The van der Waals surface area contributed by atoms with Crippen LogP contribution >= 0.6 is 0 Å². The molecule has 2 nitrogen and oxygen atoms in total. The molecule has 2 heteroatoms. The highest BCUT2D eigenvalue weighted by atomic mass is 16.5. The van der Waals surface area contributed by atoms with Crippen molar-refractivity contribution in [3.05, 3.63) is 29.8 Å². The fraction of sp³-hybridized carbons (Fsp3) is 0.571. The second-order valence-electron chi connectivity index (χ2n) is 4.03. The van der Waals surface area contributed by atoms with E-state index in [0.717, 1.165) is 25.0 Å². The number of hydrogen-bond donors (Lipinski definition) is 1. The number of aliphatic hydroxyl groups is 1. The van der Waals surface area contributed by atoms with Crippen molar-refractivity contribution in [1.82, 2.24) is 0 Å². The summed E-state index contributed by atoms with van der Waals surface area (Å²) in [5.74, 6) is 0.929. The highest BCUT2D eigenvalue weighted by Crippen LogP contribution is 2.14. The van der Waals surface area contributed by atoms with Gasteiger partial charge in [-0.05, 0) is 43.4 Å². The van der Waals surface area contributed by atoms with Crippen LogP contribution in [0.15, 0.2) is 24.3 Å². The number of hydrogen-bond acceptors (Lipinski definition) is 2. The minimum Gasteiger partial charge on any atom is -0.494 e. The minimum absolute atomic E-state index is 0.249. The average molecular weight is 222 g/mol. The molecule has 0 aliphatic carbocycles. The van der Waals surface area contributed by atoms with Crippen molar-refractivity contribution in [1.29, 1.82) is 0 Å². The molecule has 1 rings (SSSR count). The van der Waals surface area contributed by atoms with Crippen LogP contribution in [0.4, 0.5) is 0 Å². The van der Waals surface area contributed by atoms with Gasteiger partial charge in [-0.25, -0.2) is 0 Å². The second-order valence-corrected chi connectivity index (χ2v) is 4.03. The molecule has 1 N–H and O–H groups in total. The van der Waals surface area contributed by atoms with Gasteiger partial charge < -0.3 is 9.84 Å². The fourth-order valence-corrected chi connectivity index (χ4v) is 1.54. The fourth-order valence-electron chi connectivity index (χ4n) is 1.54. The van der Waals surface area contributed by atoms with Crippen molar-refractivity contribution in [3.8, 4) is 5.75 Å². The molecule has 0 unspecified atom stereocenters. The quantitative estimate of drug-likeness (QED) is 0.684. The van der Waals surface area contributed by atoms with Crippen molar-refractivity contribution >= 4 is 0 Å². The lowest BCUT2D eigenvalue weighted by Crippen LogP contribution is -1.98. The van der Waals surface area contributed by atoms with E-state index in [0.29, 0.717) is 6.61 Å². The molecule has 16 heavy (non-hydrogen) atoms. The van der Waals surface area contributed by atoms with Crippen molar-refractivity contribution in [2.45, 2.75) is 39.0 Å². The predicted molar refractivity (Wildman–Crippen MR) is 66.9 cm³/mol. The first-order valence-electron chi connectivity index (χ1n) is 6.19. The van der Waals surface area contributed by atoms with E-state index in [4.69, 9.17) is 9.84 Å². The van der Waals surface area contributed by atoms with Crippen molar-refractivity contribution in [2.75, 3.05) is 13.2 Å². The van der Waals surface area contributed by atoms with Gasteiger partial charge in [0, 0.05) is 6.61 Å². The number of unbranched alkanes of at least 4 members (excludes halogenated alkanes) is 2. The lowest BCUT2D eigenvalue weighted by Gasteiger charge is -2.06. The molecule has 1 aromatic rings. The Labute approximate surface area is 98.3 Å². The SMILES string of the molecule is CCCCc1ccc(OCCCCO)cc1. The first-order chi connectivity index (χ1) is 7.86. The molecule has 0 aliphatic rings. The molecule has 0 radical (unpaired) electrons. The highest BCUT2D eigenvalue weighted by Gasteiger charge is 1.95. The van der Waals surface area contributed by atoms with Gasteiger partial charge in [0.2, 0.25) is 0 Å². The van der Waals surface area contributed by atoms with Crippen LogP contribution in [0.3, 0.4) is 0 Å².